The van der Waals surface area contributed by atoms with Crippen LogP contribution in [0.5, 0.6) is 0 Å². The van der Waals surface area contributed by atoms with Gasteiger partial charge in [0, 0.05) is 45.0 Å². The lowest BCUT2D eigenvalue weighted by Crippen LogP contribution is -2.51. The largest absolute Gasteiger partial charge is 0.389 e. The molecule has 1 fully saturated rings. The quantitative estimate of drug-likeness (QED) is 0.785. The molecular formula is C20H31N3O3. The van der Waals surface area contributed by atoms with Gasteiger partial charge in [-0.1, -0.05) is 18.2 Å². The minimum absolute atomic E-state index is 0.142. The maximum Gasteiger partial charge on any atom is 0.241 e. The fourth-order valence-electron chi connectivity index (χ4n) is 3.66. The van der Waals surface area contributed by atoms with Crippen LogP contribution in [0.4, 0.5) is 5.69 Å². The Balaban J connectivity index is 1.41. The molecule has 1 N–H and O–H groups in total. The molecule has 6 nitrogen and oxygen atoms in total. The third-order valence-electron chi connectivity index (χ3n) is 5.10. The fourth-order valence-corrected chi connectivity index (χ4v) is 3.66. The first-order valence-electron chi connectivity index (χ1n) is 9.65. The molecule has 0 unspecified atom stereocenters. The number of benzene rings is 1. The van der Waals surface area contributed by atoms with E-state index in [4.69, 9.17) is 4.74 Å². The van der Waals surface area contributed by atoms with Gasteiger partial charge in [-0.3, -0.25) is 14.6 Å². The van der Waals surface area contributed by atoms with Crippen molar-refractivity contribution in [1.29, 1.82) is 0 Å². The van der Waals surface area contributed by atoms with E-state index in [-0.39, 0.29) is 12.0 Å². The van der Waals surface area contributed by atoms with E-state index in [9.17, 15) is 9.90 Å². The van der Waals surface area contributed by atoms with Crippen molar-refractivity contribution in [3.8, 4) is 0 Å². The topological polar surface area (TPSA) is 56.3 Å². The third kappa shape index (κ3) is 5.04. The highest BCUT2D eigenvalue weighted by molar-refractivity contribution is 5.96. The normalized spacial score (nSPS) is 19.8. The molecule has 0 aromatic heterocycles. The molecule has 2 heterocycles. The van der Waals surface area contributed by atoms with Crippen molar-refractivity contribution < 1.29 is 14.6 Å². The lowest BCUT2D eigenvalue weighted by molar-refractivity contribution is -0.120. The number of hydrogen-bond donors (Lipinski definition) is 1. The van der Waals surface area contributed by atoms with Gasteiger partial charge in [-0.05, 0) is 31.9 Å². The zero-order valence-corrected chi connectivity index (χ0v) is 15.9. The summed E-state index contributed by atoms with van der Waals surface area (Å²) in [6, 6.07) is 8.18. The number of hydrogen-bond acceptors (Lipinski definition) is 5. The van der Waals surface area contributed by atoms with Crippen LogP contribution in [0.1, 0.15) is 19.4 Å². The summed E-state index contributed by atoms with van der Waals surface area (Å²) in [7, 11) is 0. The Morgan fingerprint density at radius 2 is 1.81 bits per heavy atom. The number of β-amino-alcohol motifs (C(OH)–C–C–N with tert-alkyl or cyclic N) is 1. The van der Waals surface area contributed by atoms with E-state index in [0.29, 0.717) is 19.7 Å². The van der Waals surface area contributed by atoms with E-state index in [0.717, 1.165) is 44.8 Å². The molecule has 3 rings (SSSR count). The Bertz CT molecular complexity index is 600. The summed E-state index contributed by atoms with van der Waals surface area (Å²) < 4.78 is 5.47. The van der Waals surface area contributed by atoms with Gasteiger partial charge in [-0.25, -0.2) is 0 Å². The van der Waals surface area contributed by atoms with Crippen molar-refractivity contribution in [2.75, 3.05) is 57.3 Å². The first-order chi connectivity index (χ1) is 12.5. The van der Waals surface area contributed by atoms with Gasteiger partial charge in [0.15, 0.2) is 0 Å². The van der Waals surface area contributed by atoms with Crippen LogP contribution in [-0.2, 0) is 16.0 Å². The number of aliphatic hydroxyl groups excluding tert-OH is 1. The van der Waals surface area contributed by atoms with Gasteiger partial charge in [0.25, 0.3) is 0 Å². The van der Waals surface area contributed by atoms with E-state index in [1.165, 1.54) is 5.56 Å². The molecule has 0 spiro atoms. The van der Waals surface area contributed by atoms with Crippen molar-refractivity contribution in [2.45, 2.75) is 32.5 Å². The SMILES string of the molecule is CC(C)OC[C@H](O)CN1CCN(CC(=O)N2CCc3ccccc32)CC1. The molecule has 1 amide bonds. The lowest BCUT2D eigenvalue weighted by Gasteiger charge is -2.35. The summed E-state index contributed by atoms with van der Waals surface area (Å²) in [5.74, 6) is 0.189. The minimum atomic E-state index is -0.452. The maximum atomic E-state index is 12.7. The van der Waals surface area contributed by atoms with Crippen molar-refractivity contribution in [2.24, 2.45) is 0 Å². The molecule has 144 valence electrons. The average Bonchev–Trinajstić information content (AvgIpc) is 3.06. The first-order valence-corrected chi connectivity index (χ1v) is 9.65. The number of amides is 1. The highest BCUT2D eigenvalue weighted by Crippen LogP contribution is 2.27. The molecule has 1 aromatic rings. The molecular weight excluding hydrogens is 330 g/mol. The molecule has 0 radical (unpaired) electrons. The summed E-state index contributed by atoms with van der Waals surface area (Å²) in [4.78, 5) is 19.1. The second kappa shape index (κ2) is 8.95. The van der Waals surface area contributed by atoms with Crippen LogP contribution < -0.4 is 4.90 Å². The second-order valence-electron chi connectivity index (χ2n) is 7.54. The number of rotatable bonds is 7. The molecule has 1 atom stereocenters. The van der Waals surface area contributed by atoms with Gasteiger partial charge >= 0.3 is 0 Å². The van der Waals surface area contributed by atoms with E-state index in [1.807, 2.05) is 36.9 Å². The van der Waals surface area contributed by atoms with Gasteiger partial charge in [0.05, 0.1) is 25.4 Å². The Kier molecular flexibility index (Phi) is 6.64. The summed E-state index contributed by atoms with van der Waals surface area (Å²) in [6.45, 7) is 9.70. The Morgan fingerprint density at radius 3 is 2.54 bits per heavy atom. The van der Waals surface area contributed by atoms with Gasteiger partial charge in [-0.2, -0.15) is 0 Å². The van der Waals surface area contributed by atoms with Gasteiger partial charge in [0.1, 0.15) is 0 Å². The molecule has 2 aliphatic heterocycles. The smallest absolute Gasteiger partial charge is 0.241 e. The van der Waals surface area contributed by atoms with Crippen LogP contribution in [-0.4, -0.2) is 85.4 Å². The minimum Gasteiger partial charge on any atom is -0.389 e. The van der Waals surface area contributed by atoms with E-state index in [2.05, 4.69) is 15.9 Å². The number of para-hydroxylation sites is 1. The number of carbonyl (C=O) groups is 1. The van der Waals surface area contributed by atoms with Crippen molar-refractivity contribution in [3.05, 3.63) is 29.8 Å². The van der Waals surface area contributed by atoms with Gasteiger partial charge in [0.2, 0.25) is 5.91 Å². The molecule has 0 saturated carbocycles. The Labute approximate surface area is 156 Å². The highest BCUT2D eigenvalue weighted by atomic mass is 16.5. The number of anilines is 1. The van der Waals surface area contributed by atoms with Crippen molar-refractivity contribution in [1.82, 2.24) is 9.80 Å². The highest BCUT2D eigenvalue weighted by Gasteiger charge is 2.27. The standard InChI is InChI=1S/C20H31N3O3/c1-16(2)26-15-18(24)13-21-9-11-22(12-10-21)14-20(25)23-8-7-17-5-3-4-6-19(17)23/h3-6,16,18,24H,7-15H2,1-2H3/t18-/m1/s1. The predicted octanol–water partition coefficient (Wildman–Crippen LogP) is 0.979. The van der Waals surface area contributed by atoms with Crippen molar-refractivity contribution >= 4 is 11.6 Å². The van der Waals surface area contributed by atoms with Crippen LogP contribution in [0, 0.1) is 0 Å². The number of piperazine rings is 1. The maximum absolute atomic E-state index is 12.7. The van der Waals surface area contributed by atoms with Gasteiger partial charge < -0.3 is 14.7 Å². The fraction of sp³-hybridized carbons (Fsp3) is 0.650. The number of carbonyl (C=O) groups excluding carboxylic acids is 1. The summed E-state index contributed by atoms with van der Waals surface area (Å²) in [5.41, 5.74) is 2.34. The van der Waals surface area contributed by atoms with E-state index >= 15 is 0 Å². The average molecular weight is 361 g/mol. The number of ether oxygens (including phenoxy) is 1. The third-order valence-corrected chi connectivity index (χ3v) is 5.10. The van der Waals surface area contributed by atoms with Crippen LogP contribution in [0.25, 0.3) is 0 Å². The zero-order chi connectivity index (χ0) is 18.5. The van der Waals surface area contributed by atoms with Crippen LogP contribution >= 0.6 is 0 Å². The summed E-state index contributed by atoms with van der Waals surface area (Å²) in [6.07, 6.45) is 0.640. The summed E-state index contributed by atoms with van der Waals surface area (Å²) >= 11 is 0. The molecule has 2 aliphatic rings. The molecule has 26 heavy (non-hydrogen) atoms. The number of fused-ring (bicyclic) bond motifs is 1. The van der Waals surface area contributed by atoms with Crippen molar-refractivity contribution in [3.63, 3.8) is 0 Å². The molecule has 1 aromatic carbocycles. The van der Waals surface area contributed by atoms with Crippen LogP contribution in [0.2, 0.25) is 0 Å². The molecule has 0 bridgehead atoms. The monoisotopic (exact) mass is 361 g/mol. The predicted molar refractivity (Wildman–Crippen MR) is 102 cm³/mol. The first kappa shape index (κ1) is 19.3. The Morgan fingerprint density at radius 1 is 1.12 bits per heavy atom. The van der Waals surface area contributed by atoms with Crippen LogP contribution in [0.15, 0.2) is 24.3 Å². The number of aliphatic hydroxyl groups is 1. The van der Waals surface area contributed by atoms with Crippen LogP contribution in [0.3, 0.4) is 0 Å². The lowest BCUT2D eigenvalue weighted by atomic mass is 10.2. The van der Waals surface area contributed by atoms with E-state index < -0.39 is 6.10 Å². The zero-order valence-electron chi connectivity index (χ0n) is 15.9. The van der Waals surface area contributed by atoms with E-state index in [1.54, 1.807) is 0 Å². The Hall–Kier alpha value is -1.47. The summed E-state index contributed by atoms with van der Waals surface area (Å²) in [5, 5.41) is 10.1. The molecule has 6 heteroatoms. The molecule has 0 aliphatic carbocycles. The van der Waals surface area contributed by atoms with Gasteiger partial charge in [-0.15, -0.1) is 0 Å². The molecule has 1 saturated heterocycles. The second-order valence-corrected chi connectivity index (χ2v) is 7.54. The number of nitrogens with zero attached hydrogens (tertiary/aromatic N) is 3.